The number of rotatable bonds is 0. The molecule has 10 heavy (non-hydrogen) atoms. The summed E-state index contributed by atoms with van der Waals surface area (Å²) in [7, 11) is 0. The number of hydrogen-bond acceptors (Lipinski definition) is 2. The van der Waals surface area contributed by atoms with Crippen LogP contribution in [0, 0.1) is 3.57 Å². The number of hydrogen-bond donors (Lipinski definition) is 0. The summed E-state index contributed by atoms with van der Waals surface area (Å²) < 4.78 is 6.62. The number of halogens is 1. The fraction of sp³-hybridized carbons (Fsp3) is 0. The van der Waals surface area contributed by atoms with Gasteiger partial charge in [0.25, 0.3) is 0 Å². The molecule has 2 aromatic rings. The van der Waals surface area contributed by atoms with Crippen molar-refractivity contribution in [2.75, 3.05) is 0 Å². The molecule has 0 unspecified atom stereocenters. The molecule has 1 aromatic carbocycles. The van der Waals surface area contributed by atoms with Crippen molar-refractivity contribution in [2.45, 2.75) is 0 Å². The highest BCUT2D eigenvalue weighted by Crippen LogP contribution is 2.19. The van der Waals surface area contributed by atoms with Gasteiger partial charge in [0.15, 0.2) is 0 Å². The van der Waals surface area contributed by atoms with Gasteiger partial charge in [-0.2, -0.15) is 4.37 Å². The monoisotopic (exact) mass is 261 g/mol. The Morgan fingerprint density at radius 3 is 3.20 bits per heavy atom. The van der Waals surface area contributed by atoms with Crippen molar-refractivity contribution in [2.24, 2.45) is 0 Å². The minimum Gasteiger partial charge on any atom is -0.200 e. The Morgan fingerprint density at radius 1 is 1.40 bits per heavy atom. The van der Waals surface area contributed by atoms with Crippen molar-refractivity contribution in [1.82, 2.24) is 4.37 Å². The Hall–Kier alpha value is -0.160. The SMILES string of the molecule is Ic1ccc2cnsc2c1. The summed E-state index contributed by atoms with van der Waals surface area (Å²) >= 11 is 3.85. The van der Waals surface area contributed by atoms with Gasteiger partial charge in [0.1, 0.15) is 0 Å². The van der Waals surface area contributed by atoms with Gasteiger partial charge in [0, 0.05) is 15.2 Å². The summed E-state index contributed by atoms with van der Waals surface area (Å²) in [5, 5.41) is 1.24. The van der Waals surface area contributed by atoms with E-state index in [0.717, 1.165) is 0 Å². The van der Waals surface area contributed by atoms with Crippen molar-refractivity contribution in [1.29, 1.82) is 0 Å². The van der Waals surface area contributed by atoms with E-state index in [2.05, 4.69) is 45.2 Å². The molecule has 3 heteroatoms. The van der Waals surface area contributed by atoms with E-state index in [9.17, 15) is 0 Å². The van der Waals surface area contributed by atoms with Crippen LogP contribution in [-0.4, -0.2) is 4.37 Å². The Morgan fingerprint density at radius 2 is 2.30 bits per heavy atom. The average Bonchev–Trinajstić information content (AvgIpc) is 2.33. The van der Waals surface area contributed by atoms with Gasteiger partial charge in [-0.1, -0.05) is 6.07 Å². The van der Waals surface area contributed by atoms with Gasteiger partial charge in [-0.25, -0.2) is 0 Å². The average molecular weight is 261 g/mol. The Balaban J connectivity index is 2.86. The first kappa shape index (κ1) is 6.54. The molecule has 0 fully saturated rings. The largest absolute Gasteiger partial charge is 0.200 e. The fourth-order valence-corrected chi connectivity index (χ4v) is 2.22. The molecule has 2 rings (SSSR count). The van der Waals surface area contributed by atoms with E-state index in [1.165, 1.54) is 13.7 Å². The highest BCUT2D eigenvalue weighted by atomic mass is 127. The molecule has 0 saturated carbocycles. The molecule has 1 aromatic heterocycles. The number of aromatic nitrogens is 1. The molecular weight excluding hydrogens is 257 g/mol. The highest BCUT2D eigenvalue weighted by molar-refractivity contribution is 14.1. The van der Waals surface area contributed by atoms with E-state index < -0.39 is 0 Å². The standard InChI is InChI=1S/C7H4INS/c8-6-2-1-5-4-9-10-7(5)3-6/h1-4H. The minimum atomic E-state index is 1.24. The molecule has 1 heterocycles. The molecule has 0 amide bonds. The van der Waals surface area contributed by atoms with Crippen LogP contribution in [0.4, 0.5) is 0 Å². The molecular formula is C7H4INS. The molecule has 0 N–H and O–H groups in total. The third-order valence-electron chi connectivity index (χ3n) is 1.32. The third kappa shape index (κ3) is 1.03. The lowest BCUT2D eigenvalue weighted by Gasteiger charge is -1.87. The fourth-order valence-electron chi connectivity index (χ4n) is 0.834. The van der Waals surface area contributed by atoms with Crippen molar-refractivity contribution >= 4 is 44.2 Å². The smallest absolute Gasteiger partial charge is 0.0560 e. The predicted octanol–water partition coefficient (Wildman–Crippen LogP) is 2.90. The first-order valence-corrected chi connectivity index (χ1v) is 4.71. The number of nitrogens with zero attached hydrogens (tertiary/aromatic N) is 1. The van der Waals surface area contributed by atoms with Crippen LogP contribution in [-0.2, 0) is 0 Å². The van der Waals surface area contributed by atoms with Crippen LogP contribution in [0.5, 0.6) is 0 Å². The second-order valence-electron chi connectivity index (χ2n) is 2.01. The van der Waals surface area contributed by atoms with Crippen LogP contribution in [0.3, 0.4) is 0 Å². The lowest BCUT2D eigenvalue weighted by atomic mass is 10.3. The van der Waals surface area contributed by atoms with Crippen LogP contribution in [0.1, 0.15) is 0 Å². The van der Waals surface area contributed by atoms with E-state index in [0.29, 0.717) is 0 Å². The molecule has 1 nitrogen and oxygen atoms in total. The van der Waals surface area contributed by atoms with Gasteiger partial charge in [0.2, 0.25) is 0 Å². The second kappa shape index (κ2) is 2.47. The van der Waals surface area contributed by atoms with Gasteiger partial charge < -0.3 is 0 Å². The molecule has 0 spiro atoms. The lowest BCUT2D eigenvalue weighted by molar-refractivity contribution is 1.60. The van der Waals surface area contributed by atoms with Crippen LogP contribution >= 0.6 is 34.1 Å². The maximum atomic E-state index is 4.08. The van der Waals surface area contributed by atoms with Crippen molar-refractivity contribution < 1.29 is 0 Å². The minimum absolute atomic E-state index is 1.24. The van der Waals surface area contributed by atoms with E-state index in [1.807, 2.05) is 6.20 Å². The second-order valence-corrected chi connectivity index (χ2v) is 4.09. The van der Waals surface area contributed by atoms with Gasteiger partial charge in [0.05, 0.1) is 4.70 Å². The first-order chi connectivity index (χ1) is 4.86. The molecule has 0 atom stereocenters. The number of benzene rings is 1. The molecule has 0 saturated heterocycles. The molecule has 0 aliphatic carbocycles. The first-order valence-electron chi connectivity index (χ1n) is 2.86. The third-order valence-corrected chi connectivity index (χ3v) is 2.75. The summed E-state index contributed by atoms with van der Waals surface area (Å²) in [4.78, 5) is 0. The molecule has 0 aliphatic heterocycles. The van der Waals surface area contributed by atoms with Crippen molar-refractivity contribution in [3.8, 4) is 0 Å². The summed E-state index contributed by atoms with van der Waals surface area (Å²) in [5.74, 6) is 0. The van der Waals surface area contributed by atoms with E-state index >= 15 is 0 Å². The number of fused-ring (bicyclic) bond motifs is 1. The summed E-state index contributed by atoms with van der Waals surface area (Å²) in [6.45, 7) is 0. The van der Waals surface area contributed by atoms with Gasteiger partial charge >= 0.3 is 0 Å². The Labute approximate surface area is 76.4 Å². The molecule has 50 valence electrons. The van der Waals surface area contributed by atoms with Gasteiger partial charge in [-0.3, -0.25) is 0 Å². The molecule has 0 radical (unpaired) electrons. The maximum absolute atomic E-state index is 4.08. The Kier molecular flexibility index (Phi) is 1.61. The lowest BCUT2D eigenvalue weighted by Crippen LogP contribution is -1.65. The van der Waals surface area contributed by atoms with Crippen molar-refractivity contribution in [3.05, 3.63) is 28.0 Å². The van der Waals surface area contributed by atoms with Crippen LogP contribution < -0.4 is 0 Å². The molecule has 0 aliphatic rings. The van der Waals surface area contributed by atoms with E-state index in [1.54, 1.807) is 11.5 Å². The van der Waals surface area contributed by atoms with Crippen LogP contribution in [0.15, 0.2) is 24.4 Å². The quantitative estimate of drug-likeness (QED) is 0.664. The summed E-state index contributed by atoms with van der Waals surface area (Å²) in [5.41, 5.74) is 0. The van der Waals surface area contributed by atoms with E-state index in [4.69, 9.17) is 0 Å². The zero-order valence-electron chi connectivity index (χ0n) is 5.04. The summed E-state index contributed by atoms with van der Waals surface area (Å²) in [6.07, 6.45) is 1.90. The predicted molar refractivity (Wildman–Crippen MR) is 52.3 cm³/mol. The topological polar surface area (TPSA) is 12.9 Å². The maximum Gasteiger partial charge on any atom is 0.0560 e. The molecule has 0 bridgehead atoms. The highest BCUT2D eigenvalue weighted by Gasteiger charge is 1.94. The van der Waals surface area contributed by atoms with Crippen LogP contribution in [0.25, 0.3) is 10.1 Å². The zero-order chi connectivity index (χ0) is 6.97. The van der Waals surface area contributed by atoms with E-state index in [-0.39, 0.29) is 0 Å². The van der Waals surface area contributed by atoms with Gasteiger partial charge in [-0.05, 0) is 46.3 Å². The van der Waals surface area contributed by atoms with Gasteiger partial charge in [-0.15, -0.1) is 0 Å². The normalized spacial score (nSPS) is 10.5. The zero-order valence-corrected chi connectivity index (χ0v) is 8.02. The van der Waals surface area contributed by atoms with Crippen LogP contribution in [0.2, 0.25) is 0 Å². The Bertz CT molecular complexity index is 355. The van der Waals surface area contributed by atoms with Crippen molar-refractivity contribution in [3.63, 3.8) is 0 Å². The summed E-state index contributed by atoms with van der Waals surface area (Å²) in [6, 6.07) is 6.34.